The van der Waals surface area contributed by atoms with Crippen LogP contribution in [0.25, 0.3) is 0 Å². The average molecular weight is 321 g/mol. The second-order valence-electron chi connectivity index (χ2n) is 6.36. The van der Waals surface area contributed by atoms with Gasteiger partial charge in [0, 0.05) is 26.2 Å². The number of nitriles is 1. The third-order valence-electron chi connectivity index (χ3n) is 4.64. The fourth-order valence-corrected chi connectivity index (χ4v) is 3.29. The Morgan fingerprint density at radius 3 is 2.67 bits per heavy atom. The van der Waals surface area contributed by atoms with Crippen LogP contribution < -0.4 is 4.90 Å². The maximum absolute atomic E-state index is 8.81. The first-order chi connectivity index (χ1) is 11.8. The van der Waals surface area contributed by atoms with Gasteiger partial charge in [0.2, 0.25) is 5.82 Å². The summed E-state index contributed by atoms with van der Waals surface area (Å²) in [5.41, 5.74) is 2.33. The van der Waals surface area contributed by atoms with E-state index < -0.39 is 0 Å². The quantitative estimate of drug-likeness (QED) is 0.847. The van der Waals surface area contributed by atoms with Crippen molar-refractivity contribution in [3.63, 3.8) is 0 Å². The number of nitrogens with zero attached hydrogens (tertiary/aromatic N) is 5. The maximum atomic E-state index is 8.81. The summed E-state index contributed by atoms with van der Waals surface area (Å²) < 4.78 is 0. The van der Waals surface area contributed by atoms with Crippen LogP contribution in [0.15, 0.2) is 42.7 Å². The minimum Gasteiger partial charge on any atom is -0.371 e. The van der Waals surface area contributed by atoms with Crippen molar-refractivity contribution in [3.8, 4) is 6.07 Å². The lowest BCUT2D eigenvalue weighted by Crippen LogP contribution is -2.45. The zero-order valence-electron chi connectivity index (χ0n) is 14.1. The minimum absolute atomic E-state index is 0.218. The molecular weight excluding hydrogens is 298 g/mol. The van der Waals surface area contributed by atoms with Gasteiger partial charge >= 0.3 is 0 Å². The fraction of sp³-hybridized carbons (Fsp3) is 0.421. The Hall–Kier alpha value is -2.45. The molecule has 3 rings (SSSR count). The Labute approximate surface area is 143 Å². The predicted octanol–water partition coefficient (Wildman–Crippen LogP) is 2.84. The van der Waals surface area contributed by atoms with Crippen LogP contribution in [-0.4, -0.2) is 41.0 Å². The first-order valence-corrected chi connectivity index (χ1v) is 8.47. The van der Waals surface area contributed by atoms with Gasteiger partial charge in [-0.15, -0.1) is 0 Å². The minimum atomic E-state index is 0.218. The van der Waals surface area contributed by atoms with Crippen LogP contribution in [-0.2, 0) is 6.54 Å². The first kappa shape index (κ1) is 16.4. The van der Waals surface area contributed by atoms with Gasteiger partial charge in [0.1, 0.15) is 6.07 Å². The molecule has 0 saturated carbocycles. The maximum Gasteiger partial charge on any atom is 0.232 e. The van der Waals surface area contributed by atoms with E-state index in [0.29, 0.717) is 6.04 Å². The van der Waals surface area contributed by atoms with Crippen LogP contribution >= 0.6 is 0 Å². The molecule has 1 atom stereocenters. The van der Waals surface area contributed by atoms with Crippen LogP contribution in [0.3, 0.4) is 0 Å². The summed E-state index contributed by atoms with van der Waals surface area (Å²) in [7, 11) is 2.07. The van der Waals surface area contributed by atoms with Crippen molar-refractivity contribution in [2.45, 2.75) is 31.8 Å². The standard InChI is InChI=1S/C19H23N5/c1-23(18-12-21-19(11-20)22-13-18)15-17-9-5-6-10-24(17)14-16-7-3-2-4-8-16/h2-4,7-8,12-13,17H,5-6,9-10,14-15H2,1H3/t17-/m0/s1. The molecule has 1 aromatic carbocycles. The lowest BCUT2D eigenvalue weighted by Gasteiger charge is -2.38. The van der Waals surface area contributed by atoms with Crippen LogP contribution in [0.2, 0.25) is 0 Å². The second kappa shape index (κ2) is 7.89. The molecule has 0 bridgehead atoms. The number of hydrogen-bond acceptors (Lipinski definition) is 5. The van der Waals surface area contributed by atoms with Gasteiger partial charge in [-0.05, 0) is 24.9 Å². The summed E-state index contributed by atoms with van der Waals surface area (Å²) in [6, 6.07) is 13.2. The zero-order chi connectivity index (χ0) is 16.8. The molecule has 124 valence electrons. The number of aromatic nitrogens is 2. The smallest absolute Gasteiger partial charge is 0.232 e. The lowest BCUT2D eigenvalue weighted by atomic mass is 10.0. The van der Waals surface area contributed by atoms with Crippen molar-refractivity contribution in [2.75, 3.05) is 25.0 Å². The Morgan fingerprint density at radius 1 is 1.21 bits per heavy atom. The topological polar surface area (TPSA) is 56.0 Å². The lowest BCUT2D eigenvalue weighted by molar-refractivity contribution is 0.144. The van der Waals surface area contributed by atoms with Crippen molar-refractivity contribution >= 4 is 5.69 Å². The van der Waals surface area contributed by atoms with Crippen molar-refractivity contribution in [1.82, 2.24) is 14.9 Å². The van der Waals surface area contributed by atoms with Gasteiger partial charge in [0.05, 0.1) is 18.1 Å². The highest BCUT2D eigenvalue weighted by atomic mass is 15.2. The van der Waals surface area contributed by atoms with Crippen molar-refractivity contribution in [3.05, 3.63) is 54.1 Å². The summed E-state index contributed by atoms with van der Waals surface area (Å²) in [6.45, 7) is 3.10. The summed E-state index contributed by atoms with van der Waals surface area (Å²) >= 11 is 0. The van der Waals surface area contributed by atoms with Crippen LogP contribution in [0.4, 0.5) is 5.69 Å². The summed E-state index contributed by atoms with van der Waals surface area (Å²) in [6.07, 6.45) is 7.24. The molecule has 1 saturated heterocycles. The predicted molar refractivity (Wildman–Crippen MR) is 94.5 cm³/mol. The normalized spacial score (nSPS) is 18.1. The third kappa shape index (κ3) is 4.09. The number of likely N-dealkylation sites (tertiary alicyclic amines) is 1. The Balaban J connectivity index is 1.65. The molecular formula is C19H23N5. The molecule has 5 nitrogen and oxygen atoms in total. The highest BCUT2D eigenvalue weighted by Gasteiger charge is 2.24. The largest absolute Gasteiger partial charge is 0.371 e. The molecule has 1 aliphatic heterocycles. The van der Waals surface area contributed by atoms with E-state index in [9.17, 15) is 0 Å². The molecule has 1 fully saturated rings. The molecule has 5 heteroatoms. The highest BCUT2D eigenvalue weighted by molar-refractivity contribution is 5.41. The summed E-state index contributed by atoms with van der Waals surface area (Å²) in [4.78, 5) is 12.9. The van der Waals surface area contributed by atoms with E-state index in [1.807, 2.05) is 6.07 Å². The SMILES string of the molecule is CN(C[C@@H]1CCCCN1Cc1ccccc1)c1cnc(C#N)nc1. The molecule has 0 unspecified atom stereocenters. The van der Waals surface area contributed by atoms with Crippen LogP contribution in [0.1, 0.15) is 30.7 Å². The number of anilines is 1. The van der Waals surface area contributed by atoms with Gasteiger partial charge in [-0.1, -0.05) is 36.8 Å². The average Bonchev–Trinajstić information content (AvgIpc) is 2.64. The molecule has 0 aliphatic carbocycles. The van der Waals surface area contributed by atoms with E-state index >= 15 is 0 Å². The molecule has 0 spiro atoms. The number of rotatable bonds is 5. The van der Waals surface area contributed by atoms with E-state index in [2.05, 4.69) is 57.1 Å². The Bertz CT molecular complexity index is 677. The van der Waals surface area contributed by atoms with Crippen molar-refractivity contribution < 1.29 is 0 Å². The van der Waals surface area contributed by atoms with E-state index in [1.165, 1.54) is 24.8 Å². The van der Waals surface area contributed by atoms with Gasteiger partial charge in [-0.2, -0.15) is 5.26 Å². The van der Waals surface area contributed by atoms with Gasteiger partial charge in [-0.3, -0.25) is 4.90 Å². The fourth-order valence-electron chi connectivity index (χ4n) is 3.29. The number of likely N-dealkylation sites (N-methyl/N-ethyl adjacent to an activating group) is 1. The molecule has 0 radical (unpaired) electrons. The van der Waals surface area contributed by atoms with E-state index in [0.717, 1.165) is 25.3 Å². The van der Waals surface area contributed by atoms with Gasteiger partial charge in [0.15, 0.2) is 0 Å². The van der Waals surface area contributed by atoms with Gasteiger partial charge in [0.25, 0.3) is 0 Å². The van der Waals surface area contributed by atoms with Crippen LogP contribution in [0, 0.1) is 11.3 Å². The van der Waals surface area contributed by atoms with Crippen LogP contribution in [0.5, 0.6) is 0 Å². The summed E-state index contributed by atoms with van der Waals surface area (Å²) in [5.74, 6) is 0.218. The Kier molecular flexibility index (Phi) is 5.39. The monoisotopic (exact) mass is 321 g/mol. The molecule has 2 heterocycles. The molecule has 1 aliphatic rings. The molecule has 0 amide bonds. The van der Waals surface area contributed by atoms with E-state index in [4.69, 9.17) is 5.26 Å². The van der Waals surface area contributed by atoms with E-state index in [1.54, 1.807) is 12.4 Å². The molecule has 24 heavy (non-hydrogen) atoms. The number of hydrogen-bond donors (Lipinski definition) is 0. The molecule has 2 aromatic rings. The van der Waals surface area contributed by atoms with Crippen molar-refractivity contribution in [2.24, 2.45) is 0 Å². The van der Waals surface area contributed by atoms with Gasteiger partial charge in [-0.25, -0.2) is 9.97 Å². The zero-order valence-corrected chi connectivity index (χ0v) is 14.1. The second-order valence-corrected chi connectivity index (χ2v) is 6.36. The Morgan fingerprint density at radius 2 is 1.96 bits per heavy atom. The number of piperidine rings is 1. The molecule has 1 aromatic heterocycles. The van der Waals surface area contributed by atoms with Gasteiger partial charge < -0.3 is 4.90 Å². The number of benzene rings is 1. The highest BCUT2D eigenvalue weighted by Crippen LogP contribution is 2.22. The van der Waals surface area contributed by atoms with E-state index in [-0.39, 0.29) is 5.82 Å². The summed E-state index contributed by atoms with van der Waals surface area (Å²) in [5, 5.41) is 8.81. The third-order valence-corrected chi connectivity index (χ3v) is 4.64. The van der Waals surface area contributed by atoms with Crippen molar-refractivity contribution in [1.29, 1.82) is 5.26 Å². The first-order valence-electron chi connectivity index (χ1n) is 8.47. The molecule has 0 N–H and O–H groups in total.